The third-order valence-electron chi connectivity index (χ3n) is 8.36. The van der Waals surface area contributed by atoms with Crippen LogP contribution in [-0.4, -0.2) is 11.7 Å². The van der Waals surface area contributed by atoms with Gasteiger partial charge < -0.3 is 14.2 Å². The number of benzene rings is 6. The first-order valence-corrected chi connectivity index (χ1v) is 14.7. The van der Waals surface area contributed by atoms with Gasteiger partial charge in [-0.15, -0.1) is 0 Å². The number of fused-ring (bicyclic) bond motifs is 6. The largest absolute Gasteiger partial charge is 0.456 e. The maximum Gasteiger partial charge on any atom is 0.169 e. The van der Waals surface area contributed by atoms with Gasteiger partial charge in [0.15, 0.2) is 6.17 Å². The van der Waals surface area contributed by atoms with E-state index in [2.05, 4.69) is 102 Å². The van der Waals surface area contributed by atoms with Gasteiger partial charge in [-0.25, -0.2) is 9.98 Å². The minimum absolute atomic E-state index is 0. The fourth-order valence-corrected chi connectivity index (χ4v) is 6.12. The van der Waals surface area contributed by atoms with Gasteiger partial charge in [0.25, 0.3) is 0 Å². The Morgan fingerprint density at radius 1 is 0.422 bits per heavy atom. The second-order valence-electron chi connectivity index (χ2n) is 11.1. The molecule has 1 atom stereocenters. The summed E-state index contributed by atoms with van der Waals surface area (Å²) in [4.78, 5) is 10.2. The van der Waals surface area contributed by atoms with Crippen molar-refractivity contribution < 1.29 is 41.5 Å². The minimum atomic E-state index is -0.459. The van der Waals surface area contributed by atoms with Crippen LogP contribution >= 0.6 is 0 Å². The summed E-state index contributed by atoms with van der Waals surface area (Å²) in [5.41, 5.74) is 8.59. The van der Waals surface area contributed by atoms with E-state index in [1.54, 1.807) is 0 Å². The predicted octanol–water partition coefficient (Wildman–Crippen LogP) is 9.65. The number of hydrogen-bond acceptors (Lipinski definition) is 5. The van der Waals surface area contributed by atoms with Crippen molar-refractivity contribution in [2.24, 2.45) is 9.98 Å². The molecule has 1 N–H and O–H groups in total. The van der Waals surface area contributed by atoms with E-state index < -0.39 is 6.17 Å². The molecule has 2 aromatic heterocycles. The van der Waals surface area contributed by atoms with Crippen molar-refractivity contribution in [3.63, 3.8) is 0 Å². The quantitative estimate of drug-likeness (QED) is 0.205. The number of amidine groups is 2. The zero-order valence-electron chi connectivity index (χ0n) is 24.1. The molecule has 45 heavy (non-hydrogen) atoms. The van der Waals surface area contributed by atoms with E-state index in [9.17, 15) is 0 Å². The Morgan fingerprint density at radius 3 is 1.60 bits per heavy atom. The van der Waals surface area contributed by atoms with Crippen molar-refractivity contribution in [1.82, 2.24) is 5.32 Å². The van der Waals surface area contributed by atoms with Gasteiger partial charge in [0.05, 0.1) is 0 Å². The number of aliphatic imine (C=N–C) groups is 2. The molecule has 6 aromatic carbocycles. The topological polar surface area (TPSA) is 63.0 Å². The summed E-state index contributed by atoms with van der Waals surface area (Å²) in [7, 11) is 0. The van der Waals surface area contributed by atoms with Gasteiger partial charge in [0.1, 0.15) is 34.0 Å². The zero-order chi connectivity index (χ0) is 29.0. The first-order valence-electron chi connectivity index (χ1n) is 14.7. The summed E-state index contributed by atoms with van der Waals surface area (Å²) in [5, 5.41) is 7.90. The molecule has 0 spiro atoms. The first kappa shape index (κ1) is 27.7. The van der Waals surface area contributed by atoms with Crippen LogP contribution in [0.25, 0.3) is 55.0 Å². The Bertz CT molecular complexity index is 2420. The standard InChI is InChI=1S/C39H25N3O2.Y/c1-2-8-24(9-3-1)25-14-16-26(17-15-25)37-40-38(27-18-20-31-29-10-4-6-12-33(29)43-35(31)22-27)42-39(41-37)28-19-21-32-30-11-5-7-13-34(30)44-36(32)23-28;/h1-23,38H,(H,40,41,42);. The summed E-state index contributed by atoms with van der Waals surface area (Å²) in [6, 6.07) is 47.6. The molecule has 1 aliphatic heterocycles. The number of para-hydroxylation sites is 2. The van der Waals surface area contributed by atoms with Crippen molar-refractivity contribution in [2.75, 3.05) is 0 Å². The Balaban J connectivity index is 0.00000300. The molecule has 5 nitrogen and oxygen atoms in total. The Kier molecular flexibility index (Phi) is 6.93. The maximum atomic E-state index is 6.21. The second-order valence-corrected chi connectivity index (χ2v) is 11.1. The number of nitrogens with zero attached hydrogens (tertiary/aromatic N) is 2. The average molecular weight is 657 g/mol. The number of furan rings is 2. The summed E-state index contributed by atoms with van der Waals surface area (Å²) in [6.07, 6.45) is -0.459. The average Bonchev–Trinajstić information content (AvgIpc) is 3.66. The second kappa shape index (κ2) is 11.3. The van der Waals surface area contributed by atoms with Gasteiger partial charge in [0.2, 0.25) is 0 Å². The maximum absolute atomic E-state index is 6.21. The van der Waals surface area contributed by atoms with Gasteiger partial charge in [-0.2, -0.15) is 0 Å². The molecule has 1 aliphatic rings. The van der Waals surface area contributed by atoms with Crippen molar-refractivity contribution in [1.29, 1.82) is 0 Å². The summed E-state index contributed by atoms with van der Waals surface area (Å²) < 4.78 is 12.4. The van der Waals surface area contributed by atoms with Gasteiger partial charge >= 0.3 is 0 Å². The summed E-state index contributed by atoms with van der Waals surface area (Å²) >= 11 is 0. The van der Waals surface area contributed by atoms with E-state index in [0.717, 1.165) is 77.8 Å². The van der Waals surface area contributed by atoms with Gasteiger partial charge in [0, 0.05) is 70.9 Å². The minimum Gasteiger partial charge on any atom is -0.456 e. The molecule has 0 fully saturated rings. The number of rotatable bonds is 4. The van der Waals surface area contributed by atoms with Gasteiger partial charge in [-0.05, 0) is 41.5 Å². The zero-order valence-corrected chi connectivity index (χ0v) is 27.0. The molecule has 1 radical (unpaired) electrons. The van der Waals surface area contributed by atoms with E-state index in [1.165, 1.54) is 5.56 Å². The monoisotopic (exact) mass is 656 g/mol. The molecule has 6 heteroatoms. The van der Waals surface area contributed by atoms with Crippen molar-refractivity contribution in [2.45, 2.75) is 6.17 Å². The van der Waals surface area contributed by atoms with Crippen LogP contribution in [0.1, 0.15) is 22.9 Å². The molecule has 211 valence electrons. The summed E-state index contributed by atoms with van der Waals surface area (Å²) in [5.74, 6) is 1.49. The van der Waals surface area contributed by atoms with Crippen LogP contribution in [0.15, 0.2) is 158 Å². The molecule has 0 saturated heterocycles. The van der Waals surface area contributed by atoms with Gasteiger partial charge in [-0.1, -0.05) is 109 Å². The number of hydrogen-bond donors (Lipinski definition) is 1. The predicted molar refractivity (Wildman–Crippen MR) is 178 cm³/mol. The van der Waals surface area contributed by atoms with E-state index >= 15 is 0 Å². The van der Waals surface area contributed by atoms with E-state index in [-0.39, 0.29) is 32.7 Å². The van der Waals surface area contributed by atoms with Crippen LogP contribution in [0, 0.1) is 0 Å². The summed E-state index contributed by atoms with van der Waals surface area (Å²) in [6.45, 7) is 0. The molecule has 0 aliphatic carbocycles. The van der Waals surface area contributed by atoms with Crippen molar-refractivity contribution in [3.8, 4) is 11.1 Å². The molecule has 0 saturated carbocycles. The normalized spacial score (nSPS) is 14.7. The van der Waals surface area contributed by atoms with Crippen LogP contribution in [0.5, 0.6) is 0 Å². The van der Waals surface area contributed by atoms with Crippen LogP contribution in [-0.2, 0) is 32.7 Å². The fourth-order valence-electron chi connectivity index (χ4n) is 6.12. The Labute approximate surface area is 284 Å². The van der Waals surface area contributed by atoms with E-state index in [0.29, 0.717) is 0 Å². The Morgan fingerprint density at radius 2 is 0.911 bits per heavy atom. The molecular formula is C39H25N3O2Y. The van der Waals surface area contributed by atoms with Crippen LogP contribution in [0.4, 0.5) is 0 Å². The van der Waals surface area contributed by atoms with Gasteiger partial charge in [-0.3, -0.25) is 0 Å². The Hall–Kier alpha value is -4.84. The third-order valence-corrected chi connectivity index (χ3v) is 8.36. The van der Waals surface area contributed by atoms with E-state index in [4.69, 9.17) is 18.8 Å². The van der Waals surface area contributed by atoms with Crippen LogP contribution < -0.4 is 5.32 Å². The molecule has 8 aromatic rings. The fraction of sp³-hybridized carbons (Fsp3) is 0.0256. The van der Waals surface area contributed by atoms with Crippen molar-refractivity contribution in [3.05, 3.63) is 156 Å². The molecular weight excluding hydrogens is 631 g/mol. The van der Waals surface area contributed by atoms with Crippen LogP contribution in [0.3, 0.4) is 0 Å². The SMILES string of the molecule is [Y].c1ccc(-c2ccc(C3=NC(c4ccc5c(c4)oc4ccccc45)N=C(c4ccc5c(c4)oc4ccccc45)N3)cc2)cc1. The smallest absolute Gasteiger partial charge is 0.169 e. The van der Waals surface area contributed by atoms with E-state index in [1.807, 2.05) is 42.5 Å². The molecule has 9 rings (SSSR count). The first-order chi connectivity index (χ1) is 21.8. The third kappa shape index (κ3) is 4.89. The molecule has 3 heterocycles. The number of nitrogens with one attached hydrogen (secondary N) is 1. The van der Waals surface area contributed by atoms with Crippen molar-refractivity contribution >= 4 is 55.5 Å². The molecule has 0 amide bonds. The molecule has 0 bridgehead atoms. The van der Waals surface area contributed by atoms with Crippen LogP contribution in [0.2, 0.25) is 0 Å². The molecule has 1 unspecified atom stereocenters.